The molecule has 8 nitrogen and oxygen atoms in total. The number of carbonyl (C=O) groups excluding carboxylic acids is 1. The lowest BCUT2D eigenvalue weighted by molar-refractivity contribution is -0.384. The molecule has 9 heteroatoms. The minimum atomic E-state index is -0.535. The Morgan fingerprint density at radius 3 is 2.85 bits per heavy atom. The number of furan rings is 1. The Morgan fingerprint density at radius 1 is 1.38 bits per heavy atom. The lowest BCUT2D eigenvalue weighted by Crippen LogP contribution is -2.15. The van der Waals surface area contributed by atoms with Crippen molar-refractivity contribution < 1.29 is 18.9 Å². The summed E-state index contributed by atoms with van der Waals surface area (Å²) in [4.78, 5) is 27.0. The predicted molar refractivity (Wildman–Crippen MR) is 96.5 cm³/mol. The number of hydrogen-bond acceptors (Lipinski definition) is 7. The van der Waals surface area contributed by atoms with E-state index in [1.807, 2.05) is 19.1 Å². The van der Waals surface area contributed by atoms with Crippen LogP contribution in [0.5, 0.6) is 5.75 Å². The number of benzene rings is 1. The number of methoxy groups -OCH3 is 1. The van der Waals surface area contributed by atoms with Crippen LogP contribution >= 0.6 is 11.3 Å². The average Bonchev–Trinajstić information content (AvgIpc) is 3.23. The van der Waals surface area contributed by atoms with Gasteiger partial charge in [-0.15, -0.1) is 11.3 Å². The molecule has 2 heterocycles. The van der Waals surface area contributed by atoms with E-state index >= 15 is 0 Å². The average molecular weight is 373 g/mol. The third-order valence-electron chi connectivity index (χ3n) is 3.51. The molecule has 0 aliphatic heterocycles. The zero-order valence-corrected chi connectivity index (χ0v) is 14.8. The van der Waals surface area contributed by atoms with Crippen molar-refractivity contribution in [2.75, 3.05) is 12.4 Å². The molecule has 2 aromatic heterocycles. The number of nitrogens with one attached hydrogen (secondary N) is 1. The highest BCUT2D eigenvalue weighted by molar-refractivity contribution is 7.13. The number of thiazole rings is 1. The molecule has 26 heavy (non-hydrogen) atoms. The van der Waals surface area contributed by atoms with Crippen LogP contribution in [0, 0.1) is 17.0 Å². The Balaban J connectivity index is 1.72. The molecule has 1 amide bonds. The molecule has 1 N–H and O–H groups in total. The maximum Gasteiger partial charge on any atom is 0.271 e. The molecular formula is C17H15N3O5S. The van der Waals surface area contributed by atoms with E-state index in [9.17, 15) is 14.9 Å². The summed E-state index contributed by atoms with van der Waals surface area (Å²) in [5, 5.41) is 16.0. The first-order chi connectivity index (χ1) is 12.5. The van der Waals surface area contributed by atoms with Crippen LogP contribution in [0.25, 0.3) is 10.8 Å². The number of aromatic nitrogens is 1. The van der Waals surface area contributed by atoms with Crippen LogP contribution in [0.15, 0.2) is 40.1 Å². The number of nitro benzene ring substituents is 1. The molecular weight excluding hydrogens is 358 g/mol. The summed E-state index contributed by atoms with van der Waals surface area (Å²) in [7, 11) is 1.43. The lowest BCUT2D eigenvalue weighted by atomic mass is 10.2. The molecule has 0 radical (unpaired) electrons. The highest BCUT2D eigenvalue weighted by Crippen LogP contribution is 2.29. The topological polar surface area (TPSA) is 108 Å². The van der Waals surface area contributed by atoms with Crippen molar-refractivity contribution >= 4 is 28.6 Å². The monoisotopic (exact) mass is 373 g/mol. The third-order valence-corrected chi connectivity index (χ3v) is 4.42. The van der Waals surface area contributed by atoms with Gasteiger partial charge in [0, 0.05) is 17.5 Å². The summed E-state index contributed by atoms with van der Waals surface area (Å²) < 4.78 is 10.6. The molecule has 3 rings (SSSR count). The molecule has 134 valence electrons. The Kier molecular flexibility index (Phi) is 4.99. The first-order valence-electron chi connectivity index (χ1n) is 7.60. The summed E-state index contributed by atoms with van der Waals surface area (Å²) in [6.45, 7) is 1.85. The number of nitrogens with zero attached hydrogens (tertiary/aromatic N) is 2. The smallest absolute Gasteiger partial charge is 0.271 e. The van der Waals surface area contributed by atoms with Crippen LogP contribution in [0.4, 0.5) is 11.4 Å². The normalized spacial score (nSPS) is 10.5. The second kappa shape index (κ2) is 7.36. The van der Waals surface area contributed by atoms with Gasteiger partial charge in [0.1, 0.15) is 11.5 Å². The van der Waals surface area contributed by atoms with E-state index < -0.39 is 4.92 Å². The van der Waals surface area contributed by atoms with Gasteiger partial charge in [-0.05, 0) is 25.1 Å². The van der Waals surface area contributed by atoms with Crippen molar-refractivity contribution in [1.82, 2.24) is 4.98 Å². The number of anilines is 1. The van der Waals surface area contributed by atoms with Crippen LogP contribution < -0.4 is 10.1 Å². The number of aryl methyl sites for hydroxylation is 1. The van der Waals surface area contributed by atoms with E-state index in [4.69, 9.17) is 9.15 Å². The summed E-state index contributed by atoms with van der Waals surface area (Å²) in [6, 6.07) is 7.68. The van der Waals surface area contributed by atoms with E-state index in [1.165, 1.54) is 36.6 Å². The van der Waals surface area contributed by atoms with Gasteiger partial charge in [0.05, 0.1) is 29.8 Å². The molecule has 0 atom stereocenters. The van der Waals surface area contributed by atoms with E-state index in [-0.39, 0.29) is 23.7 Å². The van der Waals surface area contributed by atoms with Crippen LogP contribution in [-0.4, -0.2) is 22.9 Å². The SMILES string of the molecule is COc1ccc([N+](=O)[O-])cc1NC(=O)Cc1csc(-c2ccc(C)o2)n1. The minimum absolute atomic E-state index is 0.0298. The molecule has 0 saturated heterocycles. The lowest BCUT2D eigenvalue weighted by Gasteiger charge is -2.09. The van der Waals surface area contributed by atoms with Crippen molar-refractivity contribution in [3.05, 3.63) is 57.3 Å². The van der Waals surface area contributed by atoms with Gasteiger partial charge < -0.3 is 14.5 Å². The fourth-order valence-corrected chi connectivity index (χ4v) is 3.10. The Labute approximate surface area is 152 Å². The number of hydrogen-bond donors (Lipinski definition) is 1. The number of non-ortho nitro benzene ring substituents is 1. The van der Waals surface area contributed by atoms with Gasteiger partial charge in [-0.25, -0.2) is 4.98 Å². The molecule has 0 bridgehead atoms. The molecule has 0 saturated carbocycles. The number of nitro groups is 1. The maximum atomic E-state index is 12.3. The van der Waals surface area contributed by atoms with E-state index in [1.54, 1.807) is 5.38 Å². The summed E-state index contributed by atoms with van der Waals surface area (Å²) in [5.74, 6) is 1.43. The highest BCUT2D eigenvalue weighted by atomic mass is 32.1. The molecule has 0 spiro atoms. The van der Waals surface area contributed by atoms with Gasteiger partial charge in [-0.1, -0.05) is 0 Å². The second-order valence-electron chi connectivity index (χ2n) is 5.42. The fourth-order valence-electron chi connectivity index (χ4n) is 2.32. The van der Waals surface area contributed by atoms with E-state index in [0.717, 1.165) is 5.76 Å². The highest BCUT2D eigenvalue weighted by Gasteiger charge is 2.15. The first kappa shape index (κ1) is 17.6. The third kappa shape index (κ3) is 3.89. The maximum absolute atomic E-state index is 12.3. The molecule has 3 aromatic rings. The summed E-state index contributed by atoms with van der Waals surface area (Å²) >= 11 is 1.38. The van der Waals surface area contributed by atoms with Gasteiger partial charge in [0.2, 0.25) is 5.91 Å². The minimum Gasteiger partial charge on any atom is -0.495 e. The van der Waals surface area contributed by atoms with Gasteiger partial charge in [0.15, 0.2) is 10.8 Å². The second-order valence-corrected chi connectivity index (χ2v) is 6.28. The molecule has 1 aromatic carbocycles. The quantitative estimate of drug-likeness (QED) is 0.520. The van der Waals surface area contributed by atoms with Crippen molar-refractivity contribution in [3.63, 3.8) is 0 Å². The van der Waals surface area contributed by atoms with Gasteiger partial charge in [-0.3, -0.25) is 14.9 Å². The number of carbonyl (C=O) groups is 1. The van der Waals surface area contributed by atoms with Crippen molar-refractivity contribution in [3.8, 4) is 16.5 Å². The Bertz CT molecular complexity index is 963. The zero-order chi connectivity index (χ0) is 18.7. The van der Waals surface area contributed by atoms with Gasteiger partial charge in [0.25, 0.3) is 5.69 Å². The van der Waals surface area contributed by atoms with Crippen LogP contribution in [0.3, 0.4) is 0 Å². The largest absolute Gasteiger partial charge is 0.495 e. The Morgan fingerprint density at radius 2 is 2.19 bits per heavy atom. The zero-order valence-electron chi connectivity index (χ0n) is 14.0. The van der Waals surface area contributed by atoms with E-state index in [0.29, 0.717) is 22.2 Å². The molecule has 0 unspecified atom stereocenters. The summed E-state index contributed by atoms with van der Waals surface area (Å²) in [6.07, 6.45) is 0.0298. The molecule has 0 fully saturated rings. The number of ether oxygens (including phenoxy) is 1. The van der Waals surface area contributed by atoms with Crippen LogP contribution in [0.2, 0.25) is 0 Å². The number of amides is 1. The van der Waals surface area contributed by atoms with Gasteiger partial charge >= 0.3 is 0 Å². The van der Waals surface area contributed by atoms with Crippen molar-refractivity contribution in [2.45, 2.75) is 13.3 Å². The summed E-state index contributed by atoms with van der Waals surface area (Å²) in [5.41, 5.74) is 0.690. The first-order valence-corrected chi connectivity index (χ1v) is 8.47. The molecule has 0 aliphatic rings. The van der Waals surface area contributed by atoms with Crippen LogP contribution in [0.1, 0.15) is 11.5 Å². The van der Waals surface area contributed by atoms with Gasteiger partial charge in [-0.2, -0.15) is 0 Å². The van der Waals surface area contributed by atoms with E-state index in [2.05, 4.69) is 10.3 Å². The van der Waals surface area contributed by atoms with Crippen molar-refractivity contribution in [2.24, 2.45) is 0 Å². The predicted octanol–water partition coefficient (Wildman–Crippen LogP) is 3.81. The Hall–Kier alpha value is -3.20. The fraction of sp³-hybridized carbons (Fsp3) is 0.176. The van der Waals surface area contributed by atoms with Crippen molar-refractivity contribution in [1.29, 1.82) is 0 Å². The molecule has 0 aliphatic carbocycles. The number of rotatable bonds is 6. The standard InChI is InChI=1S/C17H15N3O5S/c1-10-3-5-15(25-10)17-18-11(9-26-17)7-16(21)19-13-8-12(20(22)23)4-6-14(13)24-2/h3-6,8-9H,7H2,1-2H3,(H,19,21). The van der Waals surface area contributed by atoms with Crippen LogP contribution in [-0.2, 0) is 11.2 Å².